The van der Waals surface area contributed by atoms with Gasteiger partial charge in [-0.25, -0.2) is 27.7 Å². The summed E-state index contributed by atoms with van der Waals surface area (Å²) >= 11 is 0. The molecule has 3 rings (SSSR count). The molecule has 9 nitrogen and oxygen atoms in total. The molecule has 0 radical (unpaired) electrons. The summed E-state index contributed by atoms with van der Waals surface area (Å²) in [6, 6.07) is 1.55. The van der Waals surface area contributed by atoms with E-state index in [9.17, 15) is 13.2 Å². The molecule has 0 bridgehead atoms. The van der Waals surface area contributed by atoms with Crippen LogP contribution in [0.4, 0.5) is 0 Å². The van der Waals surface area contributed by atoms with E-state index in [0.29, 0.717) is 37.6 Å². The van der Waals surface area contributed by atoms with E-state index in [1.54, 1.807) is 36.3 Å². The predicted octanol–water partition coefficient (Wildman–Crippen LogP) is 0.125. The van der Waals surface area contributed by atoms with Crippen LogP contribution in [0, 0.1) is 6.92 Å². The van der Waals surface area contributed by atoms with Crippen LogP contribution >= 0.6 is 0 Å². The van der Waals surface area contributed by atoms with E-state index in [0.717, 1.165) is 0 Å². The van der Waals surface area contributed by atoms with E-state index in [1.165, 1.54) is 10.6 Å². The molecule has 1 amide bonds. The fourth-order valence-corrected chi connectivity index (χ4v) is 3.63. The lowest BCUT2D eigenvalue weighted by molar-refractivity contribution is 0.0918. The highest BCUT2D eigenvalue weighted by Crippen LogP contribution is 2.14. The number of hydrogen-bond acceptors (Lipinski definition) is 6. The van der Waals surface area contributed by atoms with Gasteiger partial charge >= 0.3 is 0 Å². The number of sulfonamides is 1. The fraction of sp³-hybridized carbons (Fsp3) is 0.467. The number of amides is 1. The molecular formula is C15H20N6O3S. The molecule has 1 fully saturated rings. The first-order valence-corrected chi connectivity index (χ1v) is 9.78. The second-order valence-electron chi connectivity index (χ2n) is 6.07. The molecule has 1 aliphatic heterocycles. The lowest BCUT2D eigenvalue weighted by atomic mass is 10.1. The SMILES string of the molecule is Cc1cc(C(=O)NC2CCN(S(C)(=O)=O)CC2)nc(-n2ccnc2)n1. The Hall–Kier alpha value is -2.33. The highest BCUT2D eigenvalue weighted by atomic mass is 32.2. The first kappa shape index (κ1) is 17.5. The molecule has 1 aliphatic rings. The van der Waals surface area contributed by atoms with Crippen LogP contribution in [0.5, 0.6) is 0 Å². The number of aryl methyl sites for hydroxylation is 1. The summed E-state index contributed by atoms with van der Waals surface area (Å²) < 4.78 is 26.1. The summed E-state index contributed by atoms with van der Waals surface area (Å²) in [5, 5.41) is 2.93. The van der Waals surface area contributed by atoms with Crippen molar-refractivity contribution >= 4 is 15.9 Å². The van der Waals surface area contributed by atoms with Crippen LogP contribution < -0.4 is 5.32 Å². The van der Waals surface area contributed by atoms with Crippen molar-refractivity contribution in [2.75, 3.05) is 19.3 Å². The van der Waals surface area contributed by atoms with Crippen molar-refractivity contribution in [2.45, 2.75) is 25.8 Å². The third-order valence-electron chi connectivity index (χ3n) is 4.07. The minimum absolute atomic E-state index is 0.0718. The van der Waals surface area contributed by atoms with Crippen molar-refractivity contribution in [3.63, 3.8) is 0 Å². The van der Waals surface area contributed by atoms with Gasteiger partial charge in [0.25, 0.3) is 5.91 Å². The second kappa shape index (κ2) is 6.89. The van der Waals surface area contributed by atoms with Crippen LogP contribution in [-0.4, -0.2) is 63.5 Å². The number of imidazole rings is 1. The van der Waals surface area contributed by atoms with Crippen molar-refractivity contribution in [3.8, 4) is 5.95 Å². The van der Waals surface area contributed by atoms with E-state index < -0.39 is 10.0 Å². The molecule has 0 saturated carbocycles. The summed E-state index contributed by atoms with van der Waals surface area (Å²) in [6.45, 7) is 2.61. The normalized spacial score (nSPS) is 16.7. The van der Waals surface area contributed by atoms with Gasteiger partial charge in [-0.1, -0.05) is 0 Å². The van der Waals surface area contributed by atoms with Gasteiger partial charge in [-0.3, -0.25) is 9.36 Å². The molecule has 3 heterocycles. The first-order chi connectivity index (χ1) is 11.8. The topological polar surface area (TPSA) is 110 Å². The van der Waals surface area contributed by atoms with Gasteiger partial charge in [0.2, 0.25) is 16.0 Å². The summed E-state index contributed by atoms with van der Waals surface area (Å²) in [4.78, 5) is 25.0. The Morgan fingerprint density at radius 3 is 2.60 bits per heavy atom. The number of hydrogen-bond donors (Lipinski definition) is 1. The maximum Gasteiger partial charge on any atom is 0.270 e. The van der Waals surface area contributed by atoms with Crippen molar-refractivity contribution in [3.05, 3.63) is 36.2 Å². The van der Waals surface area contributed by atoms with Crippen LogP contribution in [0.15, 0.2) is 24.8 Å². The minimum atomic E-state index is -3.17. The van der Waals surface area contributed by atoms with E-state index >= 15 is 0 Å². The molecule has 1 saturated heterocycles. The number of aromatic nitrogens is 4. The fourth-order valence-electron chi connectivity index (χ4n) is 2.75. The lowest BCUT2D eigenvalue weighted by Gasteiger charge is -2.30. The molecule has 0 aromatic carbocycles. The van der Waals surface area contributed by atoms with Crippen LogP contribution in [0.3, 0.4) is 0 Å². The zero-order valence-electron chi connectivity index (χ0n) is 14.1. The van der Waals surface area contributed by atoms with Crippen LogP contribution in [0.1, 0.15) is 29.0 Å². The Morgan fingerprint density at radius 1 is 1.28 bits per heavy atom. The van der Waals surface area contributed by atoms with Crippen molar-refractivity contribution in [1.29, 1.82) is 0 Å². The van der Waals surface area contributed by atoms with Crippen molar-refractivity contribution < 1.29 is 13.2 Å². The van der Waals surface area contributed by atoms with Crippen LogP contribution in [0.25, 0.3) is 5.95 Å². The Kier molecular flexibility index (Phi) is 4.82. The number of piperidine rings is 1. The Balaban J connectivity index is 1.68. The average Bonchev–Trinajstić information content (AvgIpc) is 3.08. The number of nitrogens with one attached hydrogen (secondary N) is 1. The van der Waals surface area contributed by atoms with Gasteiger partial charge in [-0.05, 0) is 25.8 Å². The Bertz CT molecular complexity index is 857. The second-order valence-corrected chi connectivity index (χ2v) is 8.06. The molecule has 0 aliphatic carbocycles. The van der Waals surface area contributed by atoms with E-state index in [-0.39, 0.29) is 17.6 Å². The number of rotatable bonds is 4. The molecule has 25 heavy (non-hydrogen) atoms. The maximum atomic E-state index is 12.5. The summed E-state index contributed by atoms with van der Waals surface area (Å²) in [7, 11) is -3.17. The molecule has 10 heteroatoms. The van der Waals surface area contributed by atoms with Gasteiger partial charge in [0.1, 0.15) is 12.0 Å². The van der Waals surface area contributed by atoms with Gasteiger partial charge in [0.15, 0.2) is 0 Å². The Morgan fingerprint density at radius 2 is 2.00 bits per heavy atom. The van der Waals surface area contributed by atoms with Crippen LogP contribution in [0.2, 0.25) is 0 Å². The first-order valence-electron chi connectivity index (χ1n) is 7.93. The van der Waals surface area contributed by atoms with E-state index in [1.807, 2.05) is 0 Å². The lowest BCUT2D eigenvalue weighted by Crippen LogP contribution is -2.46. The van der Waals surface area contributed by atoms with Crippen molar-refractivity contribution in [1.82, 2.24) is 29.1 Å². The quantitative estimate of drug-likeness (QED) is 0.825. The molecule has 2 aromatic heterocycles. The van der Waals surface area contributed by atoms with Gasteiger partial charge in [-0.15, -0.1) is 0 Å². The molecule has 0 spiro atoms. The third-order valence-corrected chi connectivity index (χ3v) is 5.37. The molecule has 0 atom stereocenters. The van der Waals surface area contributed by atoms with Gasteiger partial charge in [0.05, 0.1) is 6.26 Å². The van der Waals surface area contributed by atoms with Gasteiger partial charge in [0, 0.05) is 37.2 Å². The molecule has 1 N–H and O–H groups in total. The highest BCUT2D eigenvalue weighted by Gasteiger charge is 2.26. The smallest absolute Gasteiger partial charge is 0.270 e. The maximum absolute atomic E-state index is 12.5. The molecule has 0 unspecified atom stereocenters. The predicted molar refractivity (Wildman–Crippen MR) is 90.8 cm³/mol. The highest BCUT2D eigenvalue weighted by molar-refractivity contribution is 7.88. The van der Waals surface area contributed by atoms with Crippen molar-refractivity contribution in [2.24, 2.45) is 0 Å². The van der Waals surface area contributed by atoms with E-state index in [4.69, 9.17) is 0 Å². The summed E-state index contributed by atoms with van der Waals surface area (Å²) in [6.07, 6.45) is 7.25. The summed E-state index contributed by atoms with van der Waals surface area (Å²) in [5.41, 5.74) is 0.956. The van der Waals surface area contributed by atoms with E-state index in [2.05, 4.69) is 20.3 Å². The number of carbonyl (C=O) groups excluding carboxylic acids is 1. The molecular weight excluding hydrogens is 344 g/mol. The van der Waals surface area contributed by atoms with Gasteiger partial charge in [-0.2, -0.15) is 0 Å². The monoisotopic (exact) mass is 364 g/mol. The zero-order valence-corrected chi connectivity index (χ0v) is 14.9. The zero-order chi connectivity index (χ0) is 18.0. The van der Waals surface area contributed by atoms with Gasteiger partial charge < -0.3 is 5.32 Å². The summed E-state index contributed by atoms with van der Waals surface area (Å²) in [5.74, 6) is 0.0965. The standard InChI is InChI=1S/C15H20N6O3S/c1-11-9-13(19-15(17-11)20-8-5-16-10-20)14(22)18-12-3-6-21(7-4-12)25(2,23)24/h5,8-10,12H,3-4,6-7H2,1-2H3,(H,18,22). The third kappa shape index (κ3) is 4.20. The number of carbonyl (C=O) groups is 1. The largest absolute Gasteiger partial charge is 0.348 e. The average molecular weight is 364 g/mol. The van der Waals surface area contributed by atoms with Crippen LogP contribution in [-0.2, 0) is 10.0 Å². The molecule has 2 aromatic rings. The number of nitrogens with zero attached hydrogens (tertiary/aromatic N) is 5. The minimum Gasteiger partial charge on any atom is -0.348 e. The Labute approximate surface area is 146 Å². The molecule has 134 valence electrons.